The van der Waals surface area contributed by atoms with Gasteiger partial charge in [0.05, 0.1) is 5.92 Å². The van der Waals surface area contributed by atoms with Gasteiger partial charge in [0.2, 0.25) is 5.91 Å². The van der Waals surface area contributed by atoms with Crippen LogP contribution >= 0.6 is 0 Å². The number of aliphatic carboxylic acids is 1. The van der Waals surface area contributed by atoms with Gasteiger partial charge in [-0.1, -0.05) is 6.92 Å². The van der Waals surface area contributed by atoms with Crippen molar-refractivity contribution in [3.63, 3.8) is 0 Å². The second kappa shape index (κ2) is 5.11. The molecular formula is C10H18N2O3. The van der Waals surface area contributed by atoms with Gasteiger partial charge in [0.25, 0.3) is 0 Å². The number of rotatable bonds is 5. The normalized spacial score (nSPS) is 18.4. The molecule has 3 N–H and O–H groups in total. The Morgan fingerprint density at radius 1 is 1.53 bits per heavy atom. The molecule has 0 aromatic heterocycles. The van der Waals surface area contributed by atoms with Crippen LogP contribution in [0.5, 0.6) is 0 Å². The van der Waals surface area contributed by atoms with Crippen LogP contribution in [0.25, 0.3) is 0 Å². The Bertz CT molecular complexity index is 249. The Kier molecular flexibility index (Phi) is 4.08. The molecule has 15 heavy (non-hydrogen) atoms. The second-order valence-electron chi connectivity index (χ2n) is 4.21. The quantitative estimate of drug-likeness (QED) is 0.669. The standard InChI is InChI=1S/C10H18N2O3/c1-7(4-11)2-3-9(13)12-5-8(6-12)10(14)15/h7-8H,2-6,11H2,1H3,(H,14,15). The van der Waals surface area contributed by atoms with Gasteiger partial charge in [-0.3, -0.25) is 9.59 Å². The van der Waals surface area contributed by atoms with Gasteiger partial charge in [-0.2, -0.15) is 0 Å². The van der Waals surface area contributed by atoms with Crippen molar-refractivity contribution in [2.24, 2.45) is 17.6 Å². The van der Waals surface area contributed by atoms with Crippen LogP contribution in [0.3, 0.4) is 0 Å². The topological polar surface area (TPSA) is 83.6 Å². The van der Waals surface area contributed by atoms with Gasteiger partial charge in [0.1, 0.15) is 0 Å². The number of carboxylic acids is 1. The SMILES string of the molecule is CC(CN)CCC(=O)N1CC(C(=O)O)C1. The molecule has 0 aromatic rings. The second-order valence-corrected chi connectivity index (χ2v) is 4.21. The molecule has 5 nitrogen and oxygen atoms in total. The summed E-state index contributed by atoms with van der Waals surface area (Å²) in [5.74, 6) is -0.770. The van der Waals surface area contributed by atoms with E-state index in [0.29, 0.717) is 32.0 Å². The molecular weight excluding hydrogens is 196 g/mol. The summed E-state index contributed by atoms with van der Waals surface area (Å²) in [7, 11) is 0. The fourth-order valence-electron chi connectivity index (χ4n) is 1.48. The molecule has 1 aliphatic rings. The molecule has 1 saturated heterocycles. The predicted molar refractivity (Wildman–Crippen MR) is 55.2 cm³/mol. The first kappa shape index (κ1) is 12.0. The van der Waals surface area contributed by atoms with Crippen molar-refractivity contribution in [2.45, 2.75) is 19.8 Å². The molecule has 5 heteroatoms. The van der Waals surface area contributed by atoms with Crippen molar-refractivity contribution in [1.29, 1.82) is 0 Å². The van der Waals surface area contributed by atoms with Gasteiger partial charge >= 0.3 is 5.97 Å². The van der Waals surface area contributed by atoms with Crippen molar-refractivity contribution in [1.82, 2.24) is 4.90 Å². The summed E-state index contributed by atoms with van der Waals surface area (Å²) in [6.45, 7) is 3.32. The molecule has 0 bridgehead atoms. The average Bonchev–Trinajstić information content (AvgIpc) is 2.11. The molecule has 0 aromatic carbocycles. The summed E-state index contributed by atoms with van der Waals surface area (Å²) in [5.41, 5.74) is 5.44. The van der Waals surface area contributed by atoms with E-state index in [1.165, 1.54) is 0 Å². The molecule has 1 fully saturated rings. The first-order valence-electron chi connectivity index (χ1n) is 5.25. The third-order valence-electron chi connectivity index (χ3n) is 2.84. The minimum atomic E-state index is -0.811. The lowest BCUT2D eigenvalue weighted by molar-refractivity contribution is -0.152. The van der Waals surface area contributed by atoms with E-state index < -0.39 is 5.97 Å². The number of amides is 1. The summed E-state index contributed by atoms with van der Waals surface area (Å²) >= 11 is 0. The highest BCUT2D eigenvalue weighted by Gasteiger charge is 2.35. The summed E-state index contributed by atoms with van der Waals surface area (Å²) in [5, 5.41) is 8.63. The third-order valence-corrected chi connectivity index (χ3v) is 2.84. The maximum absolute atomic E-state index is 11.5. The van der Waals surface area contributed by atoms with Crippen LogP contribution in [-0.4, -0.2) is 41.5 Å². The van der Waals surface area contributed by atoms with Crippen LogP contribution in [0.1, 0.15) is 19.8 Å². The fourth-order valence-corrected chi connectivity index (χ4v) is 1.48. The minimum Gasteiger partial charge on any atom is -0.481 e. The Balaban J connectivity index is 2.18. The molecule has 0 radical (unpaired) electrons. The molecule has 1 unspecified atom stereocenters. The van der Waals surface area contributed by atoms with Gasteiger partial charge in [-0.05, 0) is 18.9 Å². The van der Waals surface area contributed by atoms with Crippen LogP contribution in [0, 0.1) is 11.8 Å². The van der Waals surface area contributed by atoms with Gasteiger partial charge in [0.15, 0.2) is 0 Å². The number of carboxylic acid groups (broad SMARTS) is 1. The molecule has 1 amide bonds. The van der Waals surface area contributed by atoms with E-state index in [2.05, 4.69) is 0 Å². The number of hydrogen-bond acceptors (Lipinski definition) is 3. The van der Waals surface area contributed by atoms with Crippen LogP contribution in [0.4, 0.5) is 0 Å². The van der Waals surface area contributed by atoms with Crippen LogP contribution in [0.15, 0.2) is 0 Å². The predicted octanol–water partition coefficient (Wildman–Crippen LogP) is -0.0956. The zero-order chi connectivity index (χ0) is 11.4. The number of carbonyl (C=O) groups is 2. The number of hydrogen-bond donors (Lipinski definition) is 2. The van der Waals surface area contributed by atoms with Crippen molar-refractivity contribution in [2.75, 3.05) is 19.6 Å². The first-order chi connectivity index (χ1) is 7.04. The third kappa shape index (κ3) is 3.20. The van der Waals surface area contributed by atoms with E-state index in [9.17, 15) is 9.59 Å². The van der Waals surface area contributed by atoms with E-state index in [1.807, 2.05) is 6.92 Å². The van der Waals surface area contributed by atoms with Crippen molar-refractivity contribution >= 4 is 11.9 Å². The molecule has 1 heterocycles. The monoisotopic (exact) mass is 214 g/mol. The van der Waals surface area contributed by atoms with Gasteiger partial charge in [-0.25, -0.2) is 0 Å². The Labute approximate surface area is 89.2 Å². The highest BCUT2D eigenvalue weighted by molar-refractivity contribution is 5.80. The van der Waals surface area contributed by atoms with Crippen LogP contribution < -0.4 is 5.73 Å². The fraction of sp³-hybridized carbons (Fsp3) is 0.800. The number of carbonyl (C=O) groups excluding carboxylic acids is 1. The van der Waals surface area contributed by atoms with E-state index in [1.54, 1.807) is 4.90 Å². The van der Waals surface area contributed by atoms with Gasteiger partial charge < -0.3 is 15.7 Å². The van der Waals surface area contributed by atoms with Crippen molar-refractivity contribution in [3.8, 4) is 0 Å². The minimum absolute atomic E-state index is 0.0489. The summed E-state index contributed by atoms with van der Waals surface area (Å²) < 4.78 is 0. The lowest BCUT2D eigenvalue weighted by atomic mass is 9.98. The van der Waals surface area contributed by atoms with Gasteiger partial charge in [0, 0.05) is 19.5 Å². The number of likely N-dealkylation sites (tertiary alicyclic amines) is 1. The van der Waals surface area contributed by atoms with E-state index in [4.69, 9.17) is 10.8 Å². The molecule has 1 atom stereocenters. The lowest BCUT2D eigenvalue weighted by Crippen LogP contribution is -2.53. The first-order valence-corrected chi connectivity index (χ1v) is 5.25. The van der Waals surface area contributed by atoms with E-state index in [0.717, 1.165) is 6.42 Å². The Hall–Kier alpha value is -1.10. The maximum atomic E-state index is 11.5. The highest BCUT2D eigenvalue weighted by atomic mass is 16.4. The molecule has 86 valence electrons. The molecule has 0 spiro atoms. The maximum Gasteiger partial charge on any atom is 0.310 e. The van der Waals surface area contributed by atoms with Crippen LogP contribution in [-0.2, 0) is 9.59 Å². The summed E-state index contributed by atoms with van der Waals surface area (Å²) in [4.78, 5) is 23.6. The van der Waals surface area contributed by atoms with E-state index in [-0.39, 0.29) is 11.8 Å². The largest absolute Gasteiger partial charge is 0.481 e. The summed E-state index contributed by atoms with van der Waals surface area (Å²) in [6.07, 6.45) is 1.26. The van der Waals surface area contributed by atoms with Crippen molar-refractivity contribution in [3.05, 3.63) is 0 Å². The summed E-state index contributed by atoms with van der Waals surface area (Å²) in [6, 6.07) is 0. The zero-order valence-electron chi connectivity index (χ0n) is 8.98. The van der Waals surface area contributed by atoms with Crippen LogP contribution in [0.2, 0.25) is 0 Å². The van der Waals surface area contributed by atoms with Gasteiger partial charge in [-0.15, -0.1) is 0 Å². The molecule has 0 aliphatic carbocycles. The lowest BCUT2D eigenvalue weighted by Gasteiger charge is -2.36. The van der Waals surface area contributed by atoms with Crippen molar-refractivity contribution < 1.29 is 14.7 Å². The average molecular weight is 214 g/mol. The molecule has 1 aliphatic heterocycles. The molecule has 0 saturated carbocycles. The molecule has 1 rings (SSSR count). The Morgan fingerprint density at radius 3 is 2.60 bits per heavy atom. The number of nitrogens with zero attached hydrogens (tertiary/aromatic N) is 1. The Morgan fingerprint density at radius 2 is 2.13 bits per heavy atom. The zero-order valence-corrected chi connectivity index (χ0v) is 8.98. The van der Waals surface area contributed by atoms with E-state index >= 15 is 0 Å². The number of nitrogens with two attached hydrogens (primary N) is 1. The highest BCUT2D eigenvalue weighted by Crippen LogP contribution is 2.18. The smallest absolute Gasteiger partial charge is 0.310 e.